The molecule has 0 saturated carbocycles. The number of halogens is 1. The first-order chi connectivity index (χ1) is 11.6. The number of aromatic nitrogens is 2. The molecule has 0 aliphatic carbocycles. The summed E-state index contributed by atoms with van der Waals surface area (Å²) in [4.78, 5) is 14.6. The highest BCUT2D eigenvalue weighted by Gasteiger charge is 2.25. The number of carbonyl (C=O) groups is 1. The molecule has 0 atom stereocenters. The average Bonchev–Trinajstić information content (AvgIpc) is 2.62. The Hall–Kier alpha value is -2.14. The minimum Gasteiger partial charge on any atom is -0.355 e. The van der Waals surface area contributed by atoms with Crippen LogP contribution in [-0.2, 0) is 11.3 Å². The predicted molar refractivity (Wildman–Crippen MR) is 95.0 cm³/mol. The van der Waals surface area contributed by atoms with E-state index in [4.69, 9.17) is 11.6 Å². The SMILES string of the molecule is Cc1ccc(N2CCC(C(=O)NCc3ccccc3Cl)CC2)nn1. The highest BCUT2D eigenvalue weighted by atomic mass is 35.5. The van der Waals surface area contributed by atoms with Crippen molar-refractivity contribution in [3.63, 3.8) is 0 Å². The Morgan fingerprint density at radius 2 is 1.96 bits per heavy atom. The van der Waals surface area contributed by atoms with Gasteiger partial charge in [-0.05, 0) is 43.5 Å². The molecular formula is C18H21ClN4O. The van der Waals surface area contributed by atoms with Crippen molar-refractivity contribution in [1.82, 2.24) is 15.5 Å². The van der Waals surface area contributed by atoms with Crippen molar-refractivity contribution in [2.45, 2.75) is 26.3 Å². The Morgan fingerprint density at radius 3 is 2.62 bits per heavy atom. The number of aryl methyl sites for hydroxylation is 1. The Kier molecular flexibility index (Phi) is 5.30. The number of anilines is 1. The molecule has 1 N–H and O–H groups in total. The molecule has 1 amide bonds. The van der Waals surface area contributed by atoms with Crippen molar-refractivity contribution in [3.8, 4) is 0 Å². The molecule has 1 fully saturated rings. The monoisotopic (exact) mass is 344 g/mol. The third-order valence-electron chi connectivity index (χ3n) is 4.38. The van der Waals surface area contributed by atoms with Crippen LogP contribution in [0.4, 0.5) is 5.82 Å². The maximum atomic E-state index is 12.4. The lowest BCUT2D eigenvalue weighted by Gasteiger charge is -2.31. The number of piperidine rings is 1. The van der Waals surface area contributed by atoms with E-state index < -0.39 is 0 Å². The minimum absolute atomic E-state index is 0.0437. The lowest BCUT2D eigenvalue weighted by molar-refractivity contribution is -0.125. The third-order valence-corrected chi connectivity index (χ3v) is 4.75. The minimum atomic E-state index is 0.0437. The fraction of sp³-hybridized carbons (Fsp3) is 0.389. The Balaban J connectivity index is 1.50. The van der Waals surface area contributed by atoms with Gasteiger partial charge in [-0.15, -0.1) is 5.10 Å². The van der Waals surface area contributed by atoms with Crippen LogP contribution in [-0.4, -0.2) is 29.2 Å². The van der Waals surface area contributed by atoms with Gasteiger partial charge in [-0.1, -0.05) is 29.8 Å². The zero-order valence-electron chi connectivity index (χ0n) is 13.7. The number of nitrogens with zero attached hydrogens (tertiary/aromatic N) is 3. The number of nitrogens with one attached hydrogen (secondary N) is 1. The van der Waals surface area contributed by atoms with Crippen molar-refractivity contribution in [2.24, 2.45) is 5.92 Å². The van der Waals surface area contributed by atoms with Gasteiger partial charge < -0.3 is 10.2 Å². The van der Waals surface area contributed by atoms with E-state index in [9.17, 15) is 4.79 Å². The number of hydrogen-bond donors (Lipinski definition) is 1. The van der Waals surface area contributed by atoms with Crippen LogP contribution in [0.5, 0.6) is 0 Å². The van der Waals surface area contributed by atoms with Gasteiger partial charge in [0.15, 0.2) is 5.82 Å². The summed E-state index contributed by atoms with van der Waals surface area (Å²) in [5, 5.41) is 12.0. The second-order valence-corrected chi connectivity index (χ2v) is 6.51. The van der Waals surface area contributed by atoms with Crippen LogP contribution in [0.2, 0.25) is 5.02 Å². The van der Waals surface area contributed by atoms with E-state index in [1.54, 1.807) is 0 Å². The molecule has 0 radical (unpaired) electrons. The lowest BCUT2D eigenvalue weighted by Crippen LogP contribution is -2.40. The largest absolute Gasteiger partial charge is 0.355 e. The molecule has 5 nitrogen and oxygen atoms in total. The van der Waals surface area contributed by atoms with Gasteiger partial charge in [-0.25, -0.2) is 0 Å². The van der Waals surface area contributed by atoms with Crippen LogP contribution in [0.15, 0.2) is 36.4 Å². The summed E-state index contributed by atoms with van der Waals surface area (Å²) in [7, 11) is 0. The summed E-state index contributed by atoms with van der Waals surface area (Å²) in [6.07, 6.45) is 1.65. The quantitative estimate of drug-likeness (QED) is 0.926. The Morgan fingerprint density at radius 1 is 1.21 bits per heavy atom. The lowest BCUT2D eigenvalue weighted by atomic mass is 9.96. The van der Waals surface area contributed by atoms with Gasteiger partial charge >= 0.3 is 0 Å². The van der Waals surface area contributed by atoms with E-state index in [1.807, 2.05) is 43.3 Å². The second-order valence-electron chi connectivity index (χ2n) is 6.10. The maximum absolute atomic E-state index is 12.4. The van der Waals surface area contributed by atoms with Gasteiger partial charge in [0.1, 0.15) is 0 Å². The average molecular weight is 345 g/mol. The van der Waals surface area contributed by atoms with Crippen LogP contribution in [0, 0.1) is 12.8 Å². The van der Waals surface area contributed by atoms with Gasteiger partial charge in [0, 0.05) is 30.6 Å². The zero-order chi connectivity index (χ0) is 16.9. The molecule has 1 aliphatic heterocycles. The van der Waals surface area contributed by atoms with Gasteiger partial charge in [0.25, 0.3) is 0 Å². The molecule has 3 rings (SSSR count). The van der Waals surface area contributed by atoms with Gasteiger partial charge in [0.05, 0.1) is 5.69 Å². The number of amides is 1. The summed E-state index contributed by atoms with van der Waals surface area (Å²) in [6.45, 7) is 4.04. The van der Waals surface area contributed by atoms with Gasteiger partial charge in [-0.2, -0.15) is 5.10 Å². The number of benzene rings is 1. The maximum Gasteiger partial charge on any atom is 0.223 e. The molecule has 0 bridgehead atoms. The van der Waals surface area contributed by atoms with Crippen molar-refractivity contribution >= 4 is 23.3 Å². The van der Waals surface area contributed by atoms with Crippen LogP contribution < -0.4 is 10.2 Å². The highest BCUT2D eigenvalue weighted by molar-refractivity contribution is 6.31. The van der Waals surface area contributed by atoms with Crippen molar-refractivity contribution < 1.29 is 4.79 Å². The zero-order valence-corrected chi connectivity index (χ0v) is 14.5. The van der Waals surface area contributed by atoms with Crippen LogP contribution in [0.25, 0.3) is 0 Å². The first-order valence-corrected chi connectivity index (χ1v) is 8.57. The van der Waals surface area contributed by atoms with Crippen LogP contribution in [0.3, 0.4) is 0 Å². The topological polar surface area (TPSA) is 58.1 Å². The molecule has 2 heterocycles. The third kappa shape index (κ3) is 4.03. The summed E-state index contributed by atoms with van der Waals surface area (Å²) in [5.41, 5.74) is 1.85. The van der Waals surface area contributed by atoms with Crippen molar-refractivity contribution in [3.05, 3.63) is 52.7 Å². The molecule has 1 aromatic heterocycles. The molecular weight excluding hydrogens is 324 g/mol. The summed E-state index contributed by atoms with van der Waals surface area (Å²) in [6, 6.07) is 11.5. The normalized spacial score (nSPS) is 15.3. The molecule has 126 valence electrons. The molecule has 0 spiro atoms. The van der Waals surface area contributed by atoms with Crippen molar-refractivity contribution in [1.29, 1.82) is 0 Å². The molecule has 1 saturated heterocycles. The van der Waals surface area contributed by atoms with Gasteiger partial charge in [-0.3, -0.25) is 4.79 Å². The first-order valence-electron chi connectivity index (χ1n) is 8.20. The van der Waals surface area contributed by atoms with Gasteiger partial charge in [0.2, 0.25) is 5.91 Å². The van der Waals surface area contributed by atoms with Crippen LogP contribution in [0.1, 0.15) is 24.1 Å². The number of hydrogen-bond acceptors (Lipinski definition) is 4. The molecule has 1 aromatic carbocycles. The summed E-state index contributed by atoms with van der Waals surface area (Å²) >= 11 is 6.12. The van der Waals surface area contributed by atoms with Crippen LogP contribution >= 0.6 is 11.6 Å². The van der Waals surface area contributed by atoms with E-state index >= 15 is 0 Å². The number of carbonyl (C=O) groups excluding carboxylic acids is 1. The second kappa shape index (κ2) is 7.62. The Labute approximate surface area is 147 Å². The summed E-state index contributed by atoms with van der Waals surface area (Å²) in [5.74, 6) is 1.03. The molecule has 24 heavy (non-hydrogen) atoms. The first kappa shape index (κ1) is 16.7. The van der Waals surface area contributed by atoms with Crippen molar-refractivity contribution in [2.75, 3.05) is 18.0 Å². The van der Waals surface area contributed by atoms with E-state index in [0.717, 1.165) is 43.0 Å². The van der Waals surface area contributed by atoms with E-state index in [-0.39, 0.29) is 11.8 Å². The van der Waals surface area contributed by atoms with E-state index in [0.29, 0.717) is 11.6 Å². The number of rotatable bonds is 4. The fourth-order valence-corrected chi connectivity index (χ4v) is 3.10. The molecule has 0 unspecified atom stereocenters. The standard InChI is InChI=1S/C18H21ClN4O/c1-13-6-7-17(22-21-13)23-10-8-14(9-11-23)18(24)20-12-15-4-2-3-5-16(15)19/h2-7,14H,8-12H2,1H3,(H,20,24). The molecule has 6 heteroatoms. The van der Waals surface area contributed by atoms with E-state index in [2.05, 4.69) is 20.4 Å². The molecule has 2 aromatic rings. The van der Waals surface area contributed by atoms with E-state index in [1.165, 1.54) is 0 Å². The highest BCUT2D eigenvalue weighted by Crippen LogP contribution is 2.22. The smallest absolute Gasteiger partial charge is 0.223 e. The fourth-order valence-electron chi connectivity index (χ4n) is 2.90. The predicted octanol–water partition coefficient (Wildman–Crippen LogP) is 2.97. The molecule has 1 aliphatic rings. The summed E-state index contributed by atoms with van der Waals surface area (Å²) < 4.78 is 0. The Bertz CT molecular complexity index is 696.